The first-order valence-electron chi connectivity index (χ1n) is 7.12. The summed E-state index contributed by atoms with van der Waals surface area (Å²) in [6, 6.07) is 5.20. The van der Waals surface area contributed by atoms with Crippen molar-refractivity contribution in [1.29, 1.82) is 0 Å². The van der Waals surface area contributed by atoms with E-state index in [-0.39, 0.29) is 11.3 Å². The van der Waals surface area contributed by atoms with Crippen molar-refractivity contribution in [2.45, 2.75) is 26.7 Å². The number of ether oxygens (including phenoxy) is 2. The van der Waals surface area contributed by atoms with Gasteiger partial charge in [-0.3, -0.25) is 4.79 Å². The molecular formula is C16H24BrNO3. The van der Waals surface area contributed by atoms with E-state index in [1.54, 1.807) is 32.4 Å². The van der Waals surface area contributed by atoms with Crippen LogP contribution in [-0.2, 0) is 0 Å². The largest absolute Gasteiger partial charge is 0.497 e. The Morgan fingerprint density at radius 2 is 1.90 bits per heavy atom. The standard InChI is InChI=1S/C16H24BrNO3/c1-5-16(6-2,10-17)11-18-15(19)13-8-7-12(20-3)9-14(13)21-4/h7-9H,5-6,10-11H2,1-4H3,(H,18,19). The maximum atomic E-state index is 12.4. The molecule has 1 amide bonds. The molecule has 21 heavy (non-hydrogen) atoms. The monoisotopic (exact) mass is 357 g/mol. The third-order valence-corrected chi connectivity index (χ3v) is 5.25. The summed E-state index contributed by atoms with van der Waals surface area (Å²) < 4.78 is 10.4. The Hall–Kier alpha value is -1.23. The highest BCUT2D eigenvalue weighted by molar-refractivity contribution is 9.09. The average molecular weight is 358 g/mol. The van der Waals surface area contributed by atoms with Crippen LogP contribution in [0.15, 0.2) is 18.2 Å². The van der Waals surface area contributed by atoms with Gasteiger partial charge >= 0.3 is 0 Å². The van der Waals surface area contributed by atoms with Crippen molar-refractivity contribution < 1.29 is 14.3 Å². The van der Waals surface area contributed by atoms with Crippen molar-refractivity contribution in [1.82, 2.24) is 5.32 Å². The minimum atomic E-state index is -0.123. The molecule has 1 aromatic carbocycles. The number of benzene rings is 1. The molecule has 0 bridgehead atoms. The van der Waals surface area contributed by atoms with Crippen LogP contribution in [0.5, 0.6) is 11.5 Å². The van der Waals surface area contributed by atoms with E-state index >= 15 is 0 Å². The summed E-state index contributed by atoms with van der Waals surface area (Å²) in [7, 11) is 3.13. The molecule has 118 valence electrons. The predicted octanol–water partition coefficient (Wildman–Crippen LogP) is 3.63. The molecule has 4 nitrogen and oxygen atoms in total. The van der Waals surface area contributed by atoms with Crippen molar-refractivity contribution in [3.05, 3.63) is 23.8 Å². The fourth-order valence-corrected chi connectivity index (χ4v) is 3.08. The van der Waals surface area contributed by atoms with E-state index in [9.17, 15) is 4.79 Å². The third kappa shape index (κ3) is 4.37. The predicted molar refractivity (Wildman–Crippen MR) is 88.7 cm³/mol. The first kappa shape index (κ1) is 17.8. The van der Waals surface area contributed by atoms with E-state index in [4.69, 9.17) is 9.47 Å². The summed E-state index contributed by atoms with van der Waals surface area (Å²) in [6.45, 7) is 4.93. The van der Waals surface area contributed by atoms with Crippen LogP contribution in [0.2, 0.25) is 0 Å². The zero-order valence-electron chi connectivity index (χ0n) is 13.2. The Morgan fingerprint density at radius 3 is 2.38 bits per heavy atom. The Bertz CT molecular complexity index is 464. The summed E-state index contributed by atoms with van der Waals surface area (Å²) in [5.74, 6) is 1.06. The van der Waals surface area contributed by atoms with Crippen LogP contribution in [-0.4, -0.2) is 32.0 Å². The number of amides is 1. The van der Waals surface area contributed by atoms with Gasteiger partial charge in [0.1, 0.15) is 11.5 Å². The number of methoxy groups -OCH3 is 2. The number of nitrogens with one attached hydrogen (secondary N) is 1. The van der Waals surface area contributed by atoms with E-state index in [0.29, 0.717) is 23.6 Å². The molecule has 0 unspecified atom stereocenters. The second-order valence-corrected chi connectivity index (χ2v) is 5.65. The lowest BCUT2D eigenvalue weighted by Crippen LogP contribution is -2.38. The van der Waals surface area contributed by atoms with Crippen molar-refractivity contribution in [3.8, 4) is 11.5 Å². The van der Waals surface area contributed by atoms with Crippen LogP contribution in [0.1, 0.15) is 37.0 Å². The molecule has 0 saturated heterocycles. The van der Waals surface area contributed by atoms with Crippen LogP contribution in [0.4, 0.5) is 0 Å². The number of hydrogen-bond donors (Lipinski definition) is 1. The average Bonchev–Trinajstić information content (AvgIpc) is 2.55. The van der Waals surface area contributed by atoms with Gasteiger partial charge in [-0.05, 0) is 30.4 Å². The maximum absolute atomic E-state index is 12.4. The normalized spacial score (nSPS) is 11.1. The molecule has 0 spiro atoms. The molecule has 0 aliphatic heterocycles. The van der Waals surface area contributed by atoms with Crippen LogP contribution in [0, 0.1) is 5.41 Å². The van der Waals surface area contributed by atoms with Gasteiger partial charge in [-0.25, -0.2) is 0 Å². The fourth-order valence-electron chi connectivity index (χ4n) is 2.09. The van der Waals surface area contributed by atoms with Gasteiger partial charge in [0.05, 0.1) is 19.8 Å². The van der Waals surface area contributed by atoms with E-state index in [2.05, 4.69) is 35.1 Å². The zero-order chi connectivity index (χ0) is 15.9. The van der Waals surface area contributed by atoms with Crippen LogP contribution >= 0.6 is 15.9 Å². The van der Waals surface area contributed by atoms with E-state index in [1.165, 1.54) is 0 Å². The molecule has 1 rings (SSSR count). The van der Waals surface area contributed by atoms with Gasteiger partial charge in [-0.1, -0.05) is 29.8 Å². The highest BCUT2D eigenvalue weighted by Crippen LogP contribution is 2.29. The quantitative estimate of drug-likeness (QED) is 0.722. The molecule has 0 saturated carbocycles. The van der Waals surface area contributed by atoms with Gasteiger partial charge < -0.3 is 14.8 Å². The molecule has 1 aromatic rings. The Labute approximate surface area is 135 Å². The lowest BCUT2D eigenvalue weighted by molar-refractivity contribution is 0.0929. The highest BCUT2D eigenvalue weighted by Gasteiger charge is 2.26. The number of carbonyl (C=O) groups excluding carboxylic acids is 1. The fraction of sp³-hybridized carbons (Fsp3) is 0.562. The summed E-state index contributed by atoms with van der Waals surface area (Å²) in [6.07, 6.45) is 2.02. The van der Waals surface area contributed by atoms with Crippen molar-refractivity contribution in [2.75, 3.05) is 26.1 Å². The van der Waals surface area contributed by atoms with Gasteiger partial charge in [0.25, 0.3) is 5.91 Å². The molecule has 5 heteroatoms. The molecule has 0 atom stereocenters. The van der Waals surface area contributed by atoms with Gasteiger partial charge in [0.15, 0.2) is 0 Å². The molecular weight excluding hydrogens is 334 g/mol. The SMILES string of the molecule is CCC(CC)(CBr)CNC(=O)c1ccc(OC)cc1OC. The van der Waals surface area contributed by atoms with E-state index < -0.39 is 0 Å². The van der Waals surface area contributed by atoms with Gasteiger partial charge in [0.2, 0.25) is 0 Å². The van der Waals surface area contributed by atoms with Crippen molar-refractivity contribution >= 4 is 21.8 Å². The van der Waals surface area contributed by atoms with Crippen LogP contribution < -0.4 is 14.8 Å². The lowest BCUT2D eigenvalue weighted by Gasteiger charge is -2.29. The molecule has 0 aromatic heterocycles. The van der Waals surface area contributed by atoms with Crippen molar-refractivity contribution in [2.24, 2.45) is 5.41 Å². The second-order valence-electron chi connectivity index (χ2n) is 5.09. The minimum absolute atomic E-state index is 0.0926. The first-order chi connectivity index (χ1) is 10.1. The smallest absolute Gasteiger partial charge is 0.255 e. The van der Waals surface area contributed by atoms with E-state index in [1.807, 2.05) is 0 Å². The Balaban J connectivity index is 2.85. The molecule has 0 aliphatic carbocycles. The summed E-state index contributed by atoms with van der Waals surface area (Å²) in [5, 5.41) is 3.88. The van der Waals surface area contributed by atoms with E-state index in [0.717, 1.165) is 18.2 Å². The van der Waals surface area contributed by atoms with Crippen molar-refractivity contribution in [3.63, 3.8) is 0 Å². The summed E-state index contributed by atoms with van der Waals surface area (Å²) in [4.78, 5) is 12.4. The molecule has 0 fully saturated rings. The minimum Gasteiger partial charge on any atom is -0.497 e. The summed E-state index contributed by atoms with van der Waals surface area (Å²) in [5.41, 5.74) is 0.615. The molecule has 0 radical (unpaired) electrons. The van der Waals surface area contributed by atoms with Gasteiger partial charge in [0, 0.05) is 17.9 Å². The van der Waals surface area contributed by atoms with Gasteiger partial charge in [-0.15, -0.1) is 0 Å². The molecule has 1 N–H and O–H groups in total. The first-order valence-corrected chi connectivity index (χ1v) is 8.24. The number of alkyl halides is 1. The van der Waals surface area contributed by atoms with Crippen LogP contribution in [0.3, 0.4) is 0 Å². The second kappa shape index (κ2) is 8.27. The lowest BCUT2D eigenvalue weighted by atomic mass is 9.84. The number of hydrogen-bond acceptors (Lipinski definition) is 3. The van der Waals surface area contributed by atoms with Crippen LogP contribution in [0.25, 0.3) is 0 Å². The maximum Gasteiger partial charge on any atom is 0.255 e. The number of halogens is 1. The topological polar surface area (TPSA) is 47.6 Å². The summed E-state index contributed by atoms with van der Waals surface area (Å²) >= 11 is 3.55. The Morgan fingerprint density at radius 1 is 1.24 bits per heavy atom. The highest BCUT2D eigenvalue weighted by atomic mass is 79.9. The molecule has 0 aliphatic rings. The molecule has 0 heterocycles. The number of rotatable bonds is 8. The van der Waals surface area contributed by atoms with Gasteiger partial charge in [-0.2, -0.15) is 0 Å². The zero-order valence-corrected chi connectivity index (χ0v) is 14.7. The Kier molecular flexibility index (Phi) is 7.02. The number of carbonyl (C=O) groups is 1. The third-order valence-electron chi connectivity index (χ3n) is 4.06.